The van der Waals surface area contributed by atoms with Crippen LogP contribution in [0.25, 0.3) is 16.6 Å². The van der Waals surface area contributed by atoms with Crippen molar-refractivity contribution in [1.29, 1.82) is 0 Å². The third-order valence-corrected chi connectivity index (χ3v) is 5.81. The van der Waals surface area contributed by atoms with Crippen molar-refractivity contribution in [2.45, 2.75) is 19.4 Å². The second-order valence-electron chi connectivity index (χ2n) is 6.98. The maximum Gasteiger partial charge on any atom is 0.254 e. The molecule has 0 radical (unpaired) electrons. The minimum absolute atomic E-state index is 0.312. The molecule has 11 heteroatoms. The van der Waals surface area contributed by atoms with Crippen LogP contribution in [-0.4, -0.2) is 44.3 Å². The van der Waals surface area contributed by atoms with E-state index in [0.717, 1.165) is 10.2 Å². The molecule has 0 spiro atoms. The molecule has 1 N–H and O–H groups in total. The number of nitrogens with one attached hydrogen (secondary N) is 1. The zero-order valence-electron chi connectivity index (χ0n) is 16.7. The molecular weight excluding hydrogens is 423 g/mol. The van der Waals surface area contributed by atoms with Gasteiger partial charge in [-0.2, -0.15) is 5.10 Å². The van der Waals surface area contributed by atoms with Gasteiger partial charge in [-0.1, -0.05) is 6.92 Å². The van der Waals surface area contributed by atoms with Crippen LogP contribution in [0.4, 0.5) is 4.39 Å². The Labute approximate surface area is 177 Å². The molecule has 0 unspecified atom stereocenters. The van der Waals surface area contributed by atoms with Crippen molar-refractivity contribution in [3.05, 3.63) is 72.5 Å². The Balaban J connectivity index is 1.64. The Hall–Kier alpha value is -3.60. The van der Waals surface area contributed by atoms with Gasteiger partial charge in [-0.15, -0.1) is 0 Å². The van der Waals surface area contributed by atoms with Crippen molar-refractivity contribution in [2.24, 2.45) is 0 Å². The van der Waals surface area contributed by atoms with Crippen LogP contribution >= 0.6 is 0 Å². The Bertz CT molecular complexity index is 1360. The number of halogens is 1. The Morgan fingerprint density at radius 2 is 1.94 bits per heavy atom. The summed E-state index contributed by atoms with van der Waals surface area (Å²) in [6, 6.07) is 5.33. The number of aromatic nitrogens is 5. The molecule has 9 nitrogen and oxygen atoms in total. The van der Waals surface area contributed by atoms with Gasteiger partial charge < -0.3 is 5.32 Å². The van der Waals surface area contributed by atoms with E-state index in [1.807, 2.05) is 6.92 Å². The minimum Gasteiger partial charge on any atom is -0.344 e. The van der Waals surface area contributed by atoms with Crippen LogP contribution in [0.2, 0.25) is 0 Å². The number of carbonyl (C=O) groups excluding carboxylic acids is 1. The standard InChI is InChI=1S/C20H19FN6O3S/c1-3-17(18-11-26(12-23-18)31(2,29)30)25-20(28)16-8-22-10-19-15(16)9-24-27(19)14-6-4-13(21)5-7-14/h4-12,17H,3H2,1-2H3,(H,25,28)/t17-/m0/s1. The summed E-state index contributed by atoms with van der Waals surface area (Å²) in [5.41, 5.74) is 1.97. The van der Waals surface area contributed by atoms with E-state index in [-0.39, 0.29) is 5.82 Å². The highest BCUT2D eigenvalue weighted by molar-refractivity contribution is 7.89. The molecule has 3 heterocycles. The normalized spacial score (nSPS) is 12.7. The lowest BCUT2D eigenvalue weighted by Crippen LogP contribution is -2.28. The van der Waals surface area contributed by atoms with Crippen molar-refractivity contribution < 1.29 is 17.6 Å². The zero-order chi connectivity index (χ0) is 22.2. The number of carbonyl (C=O) groups is 1. The van der Waals surface area contributed by atoms with E-state index < -0.39 is 22.0 Å². The summed E-state index contributed by atoms with van der Waals surface area (Å²) in [6.45, 7) is 1.86. The fourth-order valence-corrected chi connectivity index (χ4v) is 3.73. The smallest absolute Gasteiger partial charge is 0.254 e. The minimum atomic E-state index is -3.46. The number of benzene rings is 1. The molecule has 0 aliphatic heterocycles. The summed E-state index contributed by atoms with van der Waals surface area (Å²) in [6.07, 6.45) is 8.73. The number of rotatable bonds is 6. The number of hydrogen-bond acceptors (Lipinski definition) is 6. The van der Waals surface area contributed by atoms with Crippen molar-refractivity contribution in [3.8, 4) is 5.69 Å². The Kier molecular flexibility index (Phi) is 5.27. The van der Waals surface area contributed by atoms with Gasteiger partial charge in [-0.25, -0.2) is 26.4 Å². The lowest BCUT2D eigenvalue weighted by molar-refractivity contribution is 0.0936. The molecule has 160 valence electrons. The van der Waals surface area contributed by atoms with E-state index in [0.29, 0.717) is 34.3 Å². The molecule has 0 aliphatic rings. The molecule has 3 aromatic heterocycles. The number of imidazole rings is 1. The maximum absolute atomic E-state index is 13.2. The second-order valence-corrected chi connectivity index (χ2v) is 8.87. The van der Waals surface area contributed by atoms with E-state index in [1.165, 1.54) is 30.9 Å². The molecule has 0 aliphatic carbocycles. The van der Waals surface area contributed by atoms with Crippen molar-refractivity contribution in [1.82, 2.24) is 29.0 Å². The predicted octanol–water partition coefficient (Wildman–Crippen LogP) is 2.44. The molecule has 0 saturated heterocycles. The summed E-state index contributed by atoms with van der Waals surface area (Å²) < 4.78 is 39.2. The molecule has 1 atom stereocenters. The Morgan fingerprint density at radius 3 is 2.58 bits per heavy atom. The lowest BCUT2D eigenvalue weighted by atomic mass is 10.1. The van der Waals surface area contributed by atoms with Crippen molar-refractivity contribution in [2.75, 3.05) is 6.26 Å². The highest BCUT2D eigenvalue weighted by Gasteiger charge is 2.21. The highest BCUT2D eigenvalue weighted by atomic mass is 32.2. The van der Waals surface area contributed by atoms with Crippen LogP contribution in [0.1, 0.15) is 35.4 Å². The molecular formula is C20H19FN6O3S. The fourth-order valence-electron chi connectivity index (χ4n) is 3.21. The van der Waals surface area contributed by atoms with Crippen LogP contribution < -0.4 is 5.32 Å². The third kappa shape index (κ3) is 4.04. The molecule has 31 heavy (non-hydrogen) atoms. The van der Waals surface area contributed by atoms with Crippen LogP contribution in [0.5, 0.6) is 0 Å². The van der Waals surface area contributed by atoms with Gasteiger partial charge in [0.1, 0.15) is 12.1 Å². The van der Waals surface area contributed by atoms with Gasteiger partial charge in [0.15, 0.2) is 0 Å². The summed E-state index contributed by atoms with van der Waals surface area (Å²) in [4.78, 5) is 21.3. The van der Waals surface area contributed by atoms with Gasteiger partial charge in [-0.05, 0) is 30.7 Å². The number of fused-ring (bicyclic) bond motifs is 1. The quantitative estimate of drug-likeness (QED) is 0.491. The van der Waals surface area contributed by atoms with Gasteiger partial charge >= 0.3 is 0 Å². The second kappa shape index (κ2) is 7.91. The fraction of sp³-hybridized carbons (Fsp3) is 0.200. The van der Waals surface area contributed by atoms with E-state index in [1.54, 1.807) is 29.2 Å². The third-order valence-electron chi connectivity index (χ3n) is 4.85. The first kappa shape index (κ1) is 20.7. The summed E-state index contributed by atoms with van der Waals surface area (Å²) in [5.74, 6) is -0.750. The van der Waals surface area contributed by atoms with Gasteiger partial charge in [0, 0.05) is 17.8 Å². The number of amides is 1. The predicted molar refractivity (Wildman–Crippen MR) is 112 cm³/mol. The average molecular weight is 442 g/mol. The van der Waals surface area contributed by atoms with Gasteiger partial charge in [0.05, 0.1) is 47.2 Å². The first-order chi connectivity index (χ1) is 14.8. The van der Waals surface area contributed by atoms with Crippen molar-refractivity contribution >= 4 is 26.8 Å². The zero-order valence-corrected chi connectivity index (χ0v) is 17.5. The van der Waals surface area contributed by atoms with Crippen molar-refractivity contribution in [3.63, 3.8) is 0 Å². The SMILES string of the molecule is CC[C@H](NC(=O)c1cncc2c1cnn2-c1ccc(F)cc1)c1cn(S(C)(=O)=O)cn1. The number of pyridine rings is 1. The summed E-state index contributed by atoms with van der Waals surface area (Å²) in [5, 5.41) is 7.77. The van der Waals surface area contributed by atoms with E-state index in [9.17, 15) is 17.6 Å². The number of nitrogens with zero attached hydrogens (tertiary/aromatic N) is 5. The summed E-state index contributed by atoms with van der Waals surface area (Å²) >= 11 is 0. The van der Waals surface area contributed by atoms with E-state index in [4.69, 9.17) is 0 Å². The van der Waals surface area contributed by atoms with E-state index in [2.05, 4.69) is 20.4 Å². The van der Waals surface area contributed by atoms with Crippen LogP contribution in [-0.2, 0) is 10.0 Å². The molecule has 4 rings (SSSR count). The Morgan fingerprint density at radius 1 is 1.19 bits per heavy atom. The molecule has 1 amide bonds. The first-order valence-corrected chi connectivity index (χ1v) is 11.3. The maximum atomic E-state index is 13.2. The van der Waals surface area contributed by atoms with Gasteiger partial charge in [-0.3, -0.25) is 9.78 Å². The average Bonchev–Trinajstić information content (AvgIpc) is 3.39. The van der Waals surface area contributed by atoms with Gasteiger partial charge in [0.2, 0.25) is 10.0 Å². The summed E-state index contributed by atoms with van der Waals surface area (Å²) in [7, 11) is -3.46. The monoisotopic (exact) mass is 442 g/mol. The van der Waals surface area contributed by atoms with Gasteiger partial charge in [0.25, 0.3) is 5.91 Å². The molecule has 0 bridgehead atoms. The molecule has 1 aromatic carbocycles. The van der Waals surface area contributed by atoms with Crippen LogP contribution in [0.15, 0.2) is 55.4 Å². The van der Waals surface area contributed by atoms with E-state index >= 15 is 0 Å². The first-order valence-electron chi connectivity index (χ1n) is 9.41. The molecule has 4 aromatic rings. The molecule has 0 fully saturated rings. The van der Waals surface area contributed by atoms with Crippen LogP contribution in [0.3, 0.4) is 0 Å². The number of hydrogen-bond donors (Lipinski definition) is 1. The molecule has 0 saturated carbocycles. The van der Waals surface area contributed by atoms with Crippen LogP contribution in [0, 0.1) is 5.82 Å². The topological polar surface area (TPSA) is 112 Å². The largest absolute Gasteiger partial charge is 0.344 e. The highest BCUT2D eigenvalue weighted by Crippen LogP contribution is 2.22. The lowest BCUT2D eigenvalue weighted by Gasteiger charge is -2.15.